The zero-order valence-corrected chi connectivity index (χ0v) is 11.2. The van der Waals surface area contributed by atoms with Crippen LogP contribution in [0.2, 0.25) is 0 Å². The van der Waals surface area contributed by atoms with Gasteiger partial charge in [-0.1, -0.05) is 29.5 Å². The summed E-state index contributed by atoms with van der Waals surface area (Å²) in [4.78, 5) is 12.4. The molecule has 1 amide bonds. The van der Waals surface area contributed by atoms with Gasteiger partial charge in [0.1, 0.15) is 10.8 Å². The molecule has 0 spiro atoms. The molecule has 1 heterocycles. The molecule has 0 atom stereocenters. The van der Waals surface area contributed by atoms with Crippen LogP contribution in [0.5, 0.6) is 0 Å². The highest BCUT2D eigenvalue weighted by Gasteiger charge is 2.12. The first-order valence-corrected chi connectivity index (χ1v) is 6.43. The molecule has 0 aliphatic rings. The van der Waals surface area contributed by atoms with Crippen LogP contribution in [0.1, 0.15) is 10.6 Å². The fraction of sp³-hybridized carbons (Fsp3) is 0.250. The maximum atomic E-state index is 13.5. The lowest BCUT2D eigenvalue weighted by Gasteiger charge is -2.11. The minimum Gasteiger partial charge on any atom is -0.368 e. The summed E-state index contributed by atoms with van der Waals surface area (Å²) in [5.41, 5.74) is 5.68. The van der Waals surface area contributed by atoms with Gasteiger partial charge < -0.3 is 10.6 Å². The molecule has 0 saturated carbocycles. The first-order chi connectivity index (χ1) is 9.06. The molecule has 1 aromatic heterocycles. The van der Waals surface area contributed by atoms with Gasteiger partial charge in [-0.2, -0.15) is 0 Å². The Balaban J connectivity index is 2.09. The van der Waals surface area contributed by atoms with Crippen LogP contribution in [-0.2, 0) is 11.2 Å². The third-order valence-corrected chi connectivity index (χ3v) is 3.51. The number of nitrogens with zero attached hydrogens (tertiary/aromatic N) is 3. The zero-order valence-electron chi connectivity index (χ0n) is 10.3. The second-order valence-electron chi connectivity index (χ2n) is 4.07. The molecule has 7 heteroatoms. The summed E-state index contributed by atoms with van der Waals surface area (Å²) in [7, 11) is 1.71. The summed E-state index contributed by atoms with van der Waals surface area (Å²) < 4.78 is 13.5. The predicted octanol–water partition coefficient (Wildman–Crippen LogP) is 1.19. The van der Waals surface area contributed by atoms with Gasteiger partial charge in [0, 0.05) is 13.5 Å². The number of carbonyl (C=O) groups is 1. The number of halogens is 1. The van der Waals surface area contributed by atoms with Gasteiger partial charge in [-0.3, -0.25) is 4.79 Å². The molecule has 19 heavy (non-hydrogen) atoms. The molecule has 1 aromatic carbocycles. The van der Waals surface area contributed by atoms with Crippen molar-refractivity contribution in [1.29, 1.82) is 0 Å². The third kappa shape index (κ3) is 3.47. The van der Waals surface area contributed by atoms with Crippen LogP contribution < -0.4 is 10.6 Å². The Hall–Kier alpha value is -2.02. The number of hydrogen-bond donors (Lipinski definition) is 1. The summed E-state index contributed by atoms with van der Waals surface area (Å²) in [6.07, 6.45) is 0.384. The minimum atomic E-state index is -0.437. The van der Waals surface area contributed by atoms with E-state index in [1.165, 1.54) is 17.4 Å². The molecule has 0 fully saturated rings. The highest BCUT2D eigenvalue weighted by atomic mass is 32.1. The van der Waals surface area contributed by atoms with Crippen LogP contribution >= 0.6 is 11.3 Å². The van der Waals surface area contributed by atoms with Crippen LogP contribution in [0.3, 0.4) is 0 Å². The van der Waals surface area contributed by atoms with Crippen molar-refractivity contribution in [3.05, 3.63) is 40.7 Å². The van der Waals surface area contributed by atoms with Gasteiger partial charge in [-0.15, -0.1) is 10.2 Å². The first-order valence-electron chi connectivity index (χ1n) is 5.61. The van der Waals surface area contributed by atoms with Crippen molar-refractivity contribution in [1.82, 2.24) is 10.2 Å². The number of nitrogens with two attached hydrogens (primary N) is 1. The van der Waals surface area contributed by atoms with E-state index in [0.29, 0.717) is 22.1 Å². The topological polar surface area (TPSA) is 72.1 Å². The van der Waals surface area contributed by atoms with Gasteiger partial charge in [0.05, 0.1) is 6.54 Å². The van der Waals surface area contributed by atoms with Crippen molar-refractivity contribution in [2.75, 3.05) is 18.5 Å². The molecule has 0 bridgehead atoms. The quantitative estimate of drug-likeness (QED) is 0.893. The van der Waals surface area contributed by atoms with Crippen LogP contribution in [0.4, 0.5) is 9.52 Å². The lowest BCUT2D eigenvalue weighted by Crippen LogP contribution is -2.30. The third-order valence-electron chi connectivity index (χ3n) is 2.48. The van der Waals surface area contributed by atoms with E-state index in [4.69, 9.17) is 5.73 Å². The van der Waals surface area contributed by atoms with Gasteiger partial charge in [0.15, 0.2) is 0 Å². The van der Waals surface area contributed by atoms with E-state index < -0.39 is 5.91 Å². The molecule has 0 aliphatic heterocycles. The zero-order chi connectivity index (χ0) is 13.8. The fourth-order valence-electron chi connectivity index (χ4n) is 1.58. The van der Waals surface area contributed by atoms with Crippen LogP contribution in [0.25, 0.3) is 0 Å². The van der Waals surface area contributed by atoms with E-state index >= 15 is 0 Å². The van der Waals surface area contributed by atoms with E-state index in [2.05, 4.69) is 10.2 Å². The summed E-state index contributed by atoms with van der Waals surface area (Å²) in [5, 5.41) is 9.23. The van der Waals surface area contributed by atoms with Gasteiger partial charge >= 0.3 is 0 Å². The molecule has 0 aliphatic carbocycles. The lowest BCUT2D eigenvalue weighted by molar-refractivity contribution is -0.116. The molecule has 2 aromatic rings. The molecular weight excluding hydrogens is 267 g/mol. The molecule has 2 N–H and O–H groups in total. The summed E-state index contributed by atoms with van der Waals surface area (Å²) in [6, 6.07) is 6.55. The van der Waals surface area contributed by atoms with Gasteiger partial charge in [-0.05, 0) is 11.6 Å². The average Bonchev–Trinajstić information content (AvgIpc) is 2.80. The van der Waals surface area contributed by atoms with Crippen molar-refractivity contribution in [3.8, 4) is 0 Å². The maximum absolute atomic E-state index is 13.5. The van der Waals surface area contributed by atoms with Crippen LogP contribution in [-0.4, -0.2) is 29.7 Å². The molecule has 0 radical (unpaired) electrons. The monoisotopic (exact) mass is 280 g/mol. The van der Waals surface area contributed by atoms with E-state index in [-0.39, 0.29) is 12.4 Å². The number of carbonyl (C=O) groups excluding carboxylic acids is 1. The number of likely N-dealkylation sites (N-methyl/N-ethyl adjacent to an activating group) is 1. The maximum Gasteiger partial charge on any atom is 0.237 e. The Labute approximate surface area is 113 Å². The molecule has 5 nitrogen and oxygen atoms in total. The average molecular weight is 280 g/mol. The fourth-order valence-corrected chi connectivity index (χ4v) is 2.40. The number of hydrogen-bond acceptors (Lipinski definition) is 5. The normalized spacial score (nSPS) is 10.4. The number of amides is 1. The lowest BCUT2D eigenvalue weighted by atomic mass is 10.1. The van der Waals surface area contributed by atoms with Crippen molar-refractivity contribution in [3.63, 3.8) is 0 Å². The smallest absolute Gasteiger partial charge is 0.237 e. The number of rotatable bonds is 5. The van der Waals surface area contributed by atoms with E-state index in [1.807, 2.05) is 0 Å². The highest BCUT2D eigenvalue weighted by molar-refractivity contribution is 7.15. The Morgan fingerprint density at radius 3 is 2.84 bits per heavy atom. The molecular formula is C12H13FN4OS. The second kappa shape index (κ2) is 5.75. The molecule has 2 rings (SSSR count). The minimum absolute atomic E-state index is 0.0777. The summed E-state index contributed by atoms with van der Waals surface area (Å²) in [5.74, 6) is -0.696. The molecule has 0 saturated heterocycles. The van der Waals surface area contributed by atoms with Crippen LogP contribution in [0, 0.1) is 5.82 Å². The molecule has 100 valence electrons. The van der Waals surface area contributed by atoms with E-state index in [9.17, 15) is 9.18 Å². The van der Waals surface area contributed by atoms with Crippen molar-refractivity contribution >= 4 is 22.4 Å². The van der Waals surface area contributed by atoms with E-state index in [1.54, 1.807) is 30.1 Å². The van der Waals surface area contributed by atoms with Crippen molar-refractivity contribution in [2.24, 2.45) is 5.73 Å². The van der Waals surface area contributed by atoms with Crippen molar-refractivity contribution < 1.29 is 9.18 Å². The Morgan fingerprint density at radius 1 is 1.42 bits per heavy atom. The standard InChI is InChI=1S/C12H13FN4OS/c1-17(7-10(14)18)12-16-15-11(19-12)6-8-4-2-3-5-9(8)13/h2-5H,6-7H2,1H3,(H2,14,18). The van der Waals surface area contributed by atoms with Gasteiger partial charge in [0.2, 0.25) is 11.0 Å². The number of aromatic nitrogens is 2. The SMILES string of the molecule is CN(CC(N)=O)c1nnc(Cc2ccccc2F)s1. The Bertz CT molecular complexity index is 587. The number of benzene rings is 1. The van der Waals surface area contributed by atoms with Gasteiger partial charge in [0.25, 0.3) is 0 Å². The largest absolute Gasteiger partial charge is 0.368 e. The Morgan fingerprint density at radius 2 is 2.16 bits per heavy atom. The highest BCUT2D eigenvalue weighted by Crippen LogP contribution is 2.22. The predicted molar refractivity (Wildman–Crippen MR) is 71.6 cm³/mol. The van der Waals surface area contributed by atoms with Gasteiger partial charge in [-0.25, -0.2) is 4.39 Å². The Kier molecular flexibility index (Phi) is 4.06. The molecule has 0 unspecified atom stereocenters. The van der Waals surface area contributed by atoms with E-state index in [0.717, 1.165) is 0 Å². The number of primary amides is 1. The van der Waals surface area contributed by atoms with Crippen LogP contribution in [0.15, 0.2) is 24.3 Å². The van der Waals surface area contributed by atoms with Crippen molar-refractivity contribution in [2.45, 2.75) is 6.42 Å². The second-order valence-corrected chi connectivity index (χ2v) is 5.11. The number of anilines is 1. The first kappa shape index (κ1) is 13.4. The summed E-state index contributed by atoms with van der Waals surface area (Å²) in [6.45, 7) is 0.0777. The summed E-state index contributed by atoms with van der Waals surface area (Å²) >= 11 is 1.32.